The van der Waals surface area contributed by atoms with E-state index in [2.05, 4.69) is 5.18 Å². The zero-order valence-electron chi connectivity index (χ0n) is 11.0. The third-order valence-electron chi connectivity index (χ3n) is 3.27. The molecule has 3 aromatic rings. The second kappa shape index (κ2) is 5.51. The Labute approximate surface area is 121 Å². The van der Waals surface area contributed by atoms with Crippen molar-refractivity contribution in [2.75, 3.05) is 6.26 Å². The Morgan fingerprint density at radius 1 is 1.10 bits per heavy atom. The average Bonchev–Trinajstić information content (AvgIpc) is 2.87. The van der Waals surface area contributed by atoms with Gasteiger partial charge in [-0.05, 0) is 24.5 Å². The van der Waals surface area contributed by atoms with E-state index >= 15 is 0 Å². The first-order valence-electron chi connectivity index (χ1n) is 6.27. The first-order chi connectivity index (χ1) is 9.83. The van der Waals surface area contributed by atoms with Gasteiger partial charge in [-0.2, -0.15) is 4.91 Å². The number of hydrogen-bond donors (Lipinski definition) is 0. The molecule has 0 bridgehead atoms. The SMILES string of the molecule is CSc1ccc(-c2oc3ccccc3c2CN=O)cc1. The maximum Gasteiger partial charge on any atom is 0.140 e. The van der Waals surface area contributed by atoms with Crippen LogP contribution in [0.5, 0.6) is 0 Å². The van der Waals surface area contributed by atoms with Crippen molar-refractivity contribution < 1.29 is 4.42 Å². The minimum atomic E-state index is 0.122. The molecule has 0 atom stereocenters. The number of thioether (sulfide) groups is 1. The van der Waals surface area contributed by atoms with Crippen LogP contribution in [0.1, 0.15) is 5.56 Å². The second-order valence-electron chi connectivity index (χ2n) is 4.42. The van der Waals surface area contributed by atoms with Crippen molar-refractivity contribution in [3.63, 3.8) is 0 Å². The van der Waals surface area contributed by atoms with Crippen molar-refractivity contribution in [1.29, 1.82) is 0 Å². The summed E-state index contributed by atoms with van der Waals surface area (Å²) in [4.78, 5) is 11.9. The summed E-state index contributed by atoms with van der Waals surface area (Å²) in [6.07, 6.45) is 2.04. The van der Waals surface area contributed by atoms with E-state index in [1.807, 2.05) is 54.8 Å². The van der Waals surface area contributed by atoms with Gasteiger partial charge >= 0.3 is 0 Å². The first kappa shape index (κ1) is 12.9. The Bertz CT molecular complexity index is 747. The van der Waals surface area contributed by atoms with Gasteiger partial charge in [0.2, 0.25) is 0 Å². The smallest absolute Gasteiger partial charge is 0.140 e. The minimum absolute atomic E-state index is 0.122. The lowest BCUT2D eigenvalue weighted by Crippen LogP contribution is -1.83. The molecule has 0 N–H and O–H groups in total. The summed E-state index contributed by atoms with van der Waals surface area (Å²) < 4.78 is 5.91. The fourth-order valence-electron chi connectivity index (χ4n) is 2.30. The second-order valence-corrected chi connectivity index (χ2v) is 5.30. The van der Waals surface area contributed by atoms with E-state index in [0.29, 0.717) is 0 Å². The molecule has 0 aliphatic rings. The Morgan fingerprint density at radius 3 is 2.55 bits per heavy atom. The summed E-state index contributed by atoms with van der Waals surface area (Å²) in [7, 11) is 0. The van der Waals surface area contributed by atoms with E-state index in [1.54, 1.807) is 11.8 Å². The monoisotopic (exact) mass is 283 g/mol. The largest absolute Gasteiger partial charge is 0.456 e. The lowest BCUT2D eigenvalue weighted by Gasteiger charge is -2.01. The highest BCUT2D eigenvalue weighted by Gasteiger charge is 2.15. The molecule has 4 heteroatoms. The molecule has 1 heterocycles. The number of hydrogen-bond acceptors (Lipinski definition) is 4. The number of nitrogens with zero attached hydrogens (tertiary/aromatic N) is 1. The summed E-state index contributed by atoms with van der Waals surface area (Å²) >= 11 is 1.69. The molecule has 100 valence electrons. The fraction of sp³-hybridized carbons (Fsp3) is 0.125. The summed E-state index contributed by atoms with van der Waals surface area (Å²) in [6.45, 7) is 0.122. The maximum atomic E-state index is 10.7. The highest BCUT2D eigenvalue weighted by molar-refractivity contribution is 7.98. The molecule has 0 aliphatic carbocycles. The van der Waals surface area contributed by atoms with E-state index in [4.69, 9.17) is 4.42 Å². The zero-order chi connectivity index (χ0) is 13.9. The third kappa shape index (κ3) is 2.23. The van der Waals surface area contributed by atoms with Crippen LogP contribution < -0.4 is 0 Å². The van der Waals surface area contributed by atoms with E-state index in [-0.39, 0.29) is 6.54 Å². The van der Waals surface area contributed by atoms with E-state index in [0.717, 1.165) is 27.9 Å². The molecule has 20 heavy (non-hydrogen) atoms. The summed E-state index contributed by atoms with van der Waals surface area (Å²) in [6, 6.07) is 15.8. The molecule has 0 saturated heterocycles. The molecule has 0 radical (unpaired) electrons. The Morgan fingerprint density at radius 2 is 1.85 bits per heavy atom. The number of fused-ring (bicyclic) bond motifs is 1. The lowest BCUT2D eigenvalue weighted by molar-refractivity contribution is 0.627. The van der Waals surface area contributed by atoms with Crippen LogP contribution in [-0.4, -0.2) is 6.26 Å². The third-order valence-corrected chi connectivity index (χ3v) is 4.02. The highest BCUT2D eigenvalue weighted by Crippen LogP contribution is 2.34. The van der Waals surface area contributed by atoms with Crippen molar-refractivity contribution in [2.45, 2.75) is 11.4 Å². The van der Waals surface area contributed by atoms with Crippen molar-refractivity contribution >= 4 is 22.7 Å². The normalized spacial score (nSPS) is 10.8. The number of furan rings is 1. The van der Waals surface area contributed by atoms with Gasteiger partial charge in [-0.3, -0.25) is 0 Å². The Kier molecular flexibility index (Phi) is 3.56. The van der Waals surface area contributed by atoms with Gasteiger partial charge in [-0.15, -0.1) is 11.8 Å². The number of para-hydroxylation sites is 1. The first-order valence-corrected chi connectivity index (χ1v) is 7.50. The van der Waals surface area contributed by atoms with Gasteiger partial charge in [0.15, 0.2) is 0 Å². The van der Waals surface area contributed by atoms with E-state index in [9.17, 15) is 4.91 Å². The molecule has 3 rings (SSSR count). The van der Waals surface area contributed by atoms with Gasteiger partial charge in [0.25, 0.3) is 0 Å². The summed E-state index contributed by atoms with van der Waals surface area (Å²) in [5.41, 5.74) is 2.61. The molecule has 0 aliphatic heterocycles. The molecule has 0 amide bonds. The number of benzene rings is 2. The van der Waals surface area contributed by atoms with Crippen LogP contribution >= 0.6 is 11.8 Å². The van der Waals surface area contributed by atoms with Crippen molar-refractivity contribution in [1.82, 2.24) is 0 Å². The van der Waals surface area contributed by atoms with Gasteiger partial charge in [-0.25, -0.2) is 0 Å². The lowest BCUT2D eigenvalue weighted by atomic mass is 10.1. The van der Waals surface area contributed by atoms with Crippen LogP contribution in [0.25, 0.3) is 22.3 Å². The summed E-state index contributed by atoms with van der Waals surface area (Å²) in [5.74, 6) is 0.735. The van der Waals surface area contributed by atoms with Crippen molar-refractivity contribution in [3.05, 3.63) is 59.0 Å². The predicted octanol–water partition coefficient (Wildman–Crippen LogP) is 5.09. The molecule has 0 unspecified atom stereocenters. The molecule has 1 aromatic heterocycles. The number of nitroso groups, excluding NO2 is 1. The van der Waals surface area contributed by atoms with Crippen molar-refractivity contribution in [2.24, 2.45) is 5.18 Å². The van der Waals surface area contributed by atoms with E-state index < -0.39 is 0 Å². The zero-order valence-corrected chi connectivity index (χ0v) is 11.8. The average molecular weight is 283 g/mol. The standard InChI is InChI=1S/C16H13NO2S/c1-20-12-8-6-11(7-9-12)16-14(10-17-18)13-4-2-3-5-15(13)19-16/h2-9H,10H2,1H3. The predicted molar refractivity (Wildman–Crippen MR) is 82.9 cm³/mol. The van der Waals surface area contributed by atoms with Crippen LogP contribution in [0, 0.1) is 4.91 Å². The van der Waals surface area contributed by atoms with Crippen LogP contribution in [0.3, 0.4) is 0 Å². The summed E-state index contributed by atoms with van der Waals surface area (Å²) in [5, 5.41) is 3.99. The van der Waals surface area contributed by atoms with E-state index in [1.165, 1.54) is 4.90 Å². The molecular formula is C16H13NO2S. The molecule has 0 fully saturated rings. The highest BCUT2D eigenvalue weighted by atomic mass is 32.2. The van der Waals surface area contributed by atoms with Crippen molar-refractivity contribution in [3.8, 4) is 11.3 Å². The molecule has 0 spiro atoms. The van der Waals surface area contributed by atoms with Crippen LogP contribution in [0.4, 0.5) is 0 Å². The Hall–Kier alpha value is -2.07. The Balaban J connectivity index is 2.18. The van der Waals surface area contributed by atoms with Gasteiger partial charge in [-0.1, -0.05) is 35.5 Å². The van der Waals surface area contributed by atoms with Crippen LogP contribution in [0.15, 0.2) is 63.0 Å². The minimum Gasteiger partial charge on any atom is -0.456 e. The van der Waals surface area contributed by atoms with Gasteiger partial charge in [0, 0.05) is 21.4 Å². The fourth-order valence-corrected chi connectivity index (χ4v) is 2.70. The topological polar surface area (TPSA) is 42.6 Å². The number of rotatable bonds is 4. The van der Waals surface area contributed by atoms with Gasteiger partial charge < -0.3 is 4.42 Å². The van der Waals surface area contributed by atoms with Gasteiger partial charge in [0.1, 0.15) is 17.9 Å². The molecular weight excluding hydrogens is 270 g/mol. The maximum absolute atomic E-state index is 10.7. The van der Waals surface area contributed by atoms with Crippen LogP contribution in [-0.2, 0) is 6.54 Å². The van der Waals surface area contributed by atoms with Gasteiger partial charge in [0.05, 0.1) is 0 Å². The molecule has 2 aromatic carbocycles. The van der Waals surface area contributed by atoms with Crippen LogP contribution in [0.2, 0.25) is 0 Å². The molecule has 0 saturated carbocycles. The molecule has 3 nitrogen and oxygen atoms in total. The quantitative estimate of drug-likeness (QED) is 0.495.